The van der Waals surface area contributed by atoms with Crippen molar-refractivity contribution in [2.45, 2.75) is 24.8 Å². The van der Waals surface area contributed by atoms with Gasteiger partial charge in [0.15, 0.2) is 0 Å². The fourth-order valence-electron chi connectivity index (χ4n) is 4.36. The molecule has 1 atom stereocenters. The maximum atomic E-state index is 13.1. The van der Waals surface area contributed by atoms with Crippen LogP contribution in [-0.4, -0.2) is 61.1 Å². The summed E-state index contributed by atoms with van der Waals surface area (Å²) in [5.74, 6) is 1.65. The van der Waals surface area contributed by atoms with E-state index in [9.17, 15) is 4.79 Å². The van der Waals surface area contributed by atoms with Gasteiger partial charge >= 0.3 is 0 Å². The third-order valence-corrected chi connectivity index (χ3v) is 6.01. The van der Waals surface area contributed by atoms with Crippen LogP contribution in [0, 0.1) is 0 Å². The van der Waals surface area contributed by atoms with Crippen molar-refractivity contribution >= 4 is 5.91 Å². The molecule has 2 fully saturated rings. The molecule has 1 spiro atoms. The smallest absolute Gasteiger partial charge is 0.253 e. The summed E-state index contributed by atoms with van der Waals surface area (Å²) in [5, 5.41) is 0. The molecule has 0 N–H and O–H groups in total. The molecule has 4 rings (SSSR count). The molecule has 0 saturated carbocycles. The Balaban J connectivity index is 1.40. The van der Waals surface area contributed by atoms with Crippen molar-refractivity contribution in [3.8, 4) is 11.5 Å². The maximum Gasteiger partial charge on any atom is 0.253 e. The number of methoxy groups -OCH3 is 1. The Hall–Kier alpha value is -2.37. The molecule has 0 aliphatic carbocycles. The van der Waals surface area contributed by atoms with Gasteiger partial charge in [-0.15, -0.1) is 0 Å². The molecule has 2 aliphatic heterocycles. The van der Waals surface area contributed by atoms with Crippen LogP contribution in [0.25, 0.3) is 0 Å². The molecule has 2 aliphatic rings. The predicted octanol–water partition coefficient (Wildman–Crippen LogP) is 3.81. The minimum Gasteiger partial charge on any atom is -0.457 e. The Bertz CT molecular complexity index is 793. The van der Waals surface area contributed by atoms with E-state index in [0.29, 0.717) is 0 Å². The van der Waals surface area contributed by atoms with E-state index in [1.54, 1.807) is 7.11 Å². The zero-order valence-electron chi connectivity index (χ0n) is 16.5. The fraction of sp³-hybridized carbons (Fsp3) is 0.435. The quantitative estimate of drug-likeness (QED) is 0.764. The third-order valence-electron chi connectivity index (χ3n) is 6.01. The van der Waals surface area contributed by atoms with Gasteiger partial charge in [0.25, 0.3) is 5.91 Å². The van der Waals surface area contributed by atoms with Crippen LogP contribution in [0.2, 0.25) is 0 Å². The zero-order chi connectivity index (χ0) is 19.4. The lowest BCUT2D eigenvalue weighted by Crippen LogP contribution is -2.67. The first-order valence-electron chi connectivity index (χ1n) is 10.1. The Morgan fingerprint density at radius 1 is 1.00 bits per heavy atom. The van der Waals surface area contributed by atoms with Crippen molar-refractivity contribution in [1.29, 1.82) is 0 Å². The largest absolute Gasteiger partial charge is 0.457 e. The number of ether oxygens (including phenoxy) is 2. The highest BCUT2D eigenvalue weighted by molar-refractivity contribution is 5.94. The molecule has 0 aromatic heterocycles. The number of nitrogens with zero attached hydrogens (tertiary/aromatic N) is 2. The molecule has 1 unspecified atom stereocenters. The monoisotopic (exact) mass is 380 g/mol. The molecule has 1 amide bonds. The first kappa shape index (κ1) is 19.0. The van der Waals surface area contributed by atoms with Crippen LogP contribution < -0.4 is 4.74 Å². The normalized spacial score (nSPS) is 22.1. The zero-order valence-corrected chi connectivity index (χ0v) is 16.5. The standard InChI is InChI=1S/C23H28N2O3/c1-27-17-16-25-15-13-23(25)12-5-14-24(18-23)22(26)19-8-10-21(11-9-19)28-20-6-3-2-4-7-20/h2-4,6-11H,5,12-18H2,1H3. The molecule has 5 heteroatoms. The summed E-state index contributed by atoms with van der Waals surface area (Å²) in [7, 11) is 1.74. The van der Waals surface area contributed by atoms with Gasteiger partial charge in [0.2, 0.25) is 0 Å². The second-order valence-corrected chi connectivity index (χ2v) is 7.72. The first-order valence-corrected chi connectivity index (χ1v) is 10.1. The SMILES string of the molecule is COCCN1CCC12CCCN(C(=O)c1ccc(Oc3ccccc3)cc1)C2. The van der Waals surface area contributed by atoms with Crippen molar-refractivity contribution in [2.24, 2.45) is 0 Å². The number of hydrogen-bond donors (Lipinski definition) is 0. The van der Waals surface area contributed by atoms with Crippen molar-refractivity contribution < 1.29 is 14.3 Å². The fourth-order valence-corrected chi connectivity index (χ4v) is 4.36. The number of amides is 1. The Labute approximate surface area is 166 Å². The summed E-state index contributed by atoms with van der Waals surface area (Å²) in [6.07, 6.45) is 3.40. The summed E-state index contributed by atoms with van der Waals surface area (Å²) in [4.78, 5) is 17.6. The molecule has 28 heavy (non-hydrogen) atoms. The maximum absolute atomic E-state index is 13.1. The number of likely N-dealkylation sites (tertiary alicyclic amines) is 2. The molecular formula is C23H28N2O3. The lowest BCUT2D eigenvalue weighted by atomic mass is 9.77. The minimum absolute atomic E-state index is 0.115. The lowest BCUT2D eigenvalue weighted by molar-refractivity contribution is -0.0679. The molecular weight excluding hydrogens is 352 g/mol. The van der Waals surface area contributed by atoms with Gasteiger partial charge in [-0.1, -0.05) is 18.2 Å². The number of benzene rings is 2. The van der Waals surface area contributed by atoms with Crippen LogP contribution in [0.15, 0.2) is 54.6 Å². The summed E-state index contributed by atoms with van der Waals surface area (Å²) in [5.41, 5.74) is 0.878. The highest BCUT2D eigenvalue weighted by Crippen LogP contribution is 2.38. The van der Waals surface area contributed by atoms with Crippen LogP contribution in [0.5, 0.6) is 11.5 Å². The van der Waals surface area contributed by atoms with Gasteiger partial charge in [0, 0.05) is 44.4 Å². The van der Waals surface area contributed by atoms with E-state index in [0.717, 1.165) is 56.3 Å². The molecule has 2 heterocycles. The highest BCUT2D eigenvalue weighted by atomic mass is 16.5. The van der Waals surface area contributed by atoms with Gasteiger partial charge in [0.05, 0.1) is 6.61 Å². The molecule has 2 aromatic carbocycles. The van der Waals surface area contributed by atoms with Crippen LogP contribution in [0.1, 0.15) is 29.6 Å². The minimum atomic E-state index is 0.115. The molecule has 5 nitrogen and oxygen atoms in total. The van der Waals surface area contributed by atoms with E-state index in [4.69, 9.17) is 9.47 Å². The Kier molecular flexibility index (Phi) is 5.64. The molecule has 2 saturated heterocycles. The van der Waals surface area contributed by atoms with Crippen molar-refractivity contribution in [3.05, 3.63) is 60.2 Å². The predicted molar refractivity (Wildman–Crippen MR) is 109 cm³/mol. The van der Waals surface area contributed by atoms with Gasteiger partial charge in [-0.05, 0) is 55.7 Å². The molecule has 148 valence electrons. The number of carbonyl (C=O) groups is 1. The van der Waals surface area contributed by atoms with E-state index in [1.807, 2.05) is 59.5 Å². The van der Waals surface area contributed by atoms with Gasteiger partial charge in [-0.3, -0.25) is 9.69 Å². The average Bonchev–Trinajstić information content (AvgIpc) is 2.74. The molecule has 0 radical (unpaired) electrons. The van der Waals surface area contributed by atoms with Crippen molar-refractivity contribution in [2.75, 3.05) is 39.9 Å². The lowest BCUT2D eigenvalue weighted by Gasteiger charge is -2.57. The van der Waals surface area contributed by atoms with Gasteiger partial charge < -0.3 is 14.4 Å². The third kappa shape index (κ3) is 3.91. The highest BCUT2D eigenvalue weighted by Gasteiger charge is 2.47. The first-order chi connectivity index (χ1) is 13.7. The van der Waals surface area contributed by atoms with Crippen LogP contribution in [0.3, 0.4) is 0 Å². The topological polar surface area (TPSA) is 42.0 Å². The summed E-state index contributed by atoms with van der Waals surface area (Å²) < 4.78 is 11.1. The summed E-state index contributed by atoms with van der Waals surface area (Å²) in [6, 6.07) is 17.1. The van der Waals surface area contributed by atoms with Crippen LogP contribution in [0.4, 0.5) is 0 Å². The Morgan fingerprint density at radius 3 is 2.43 bits per heavy atom. The molecule has 0 bridgehead atoms. The van der Waals surface area contributed by atoms with E-state index >= 15 is 0 Å². The summed E-state index contributed by atoms with van der Waals surface area (Å²) >= 11 is 0. The van der Waals surface area contributed by atoms with Crippen LogP contribution >= 0.6 is 0 Å². The van der Waals surface area contributed by atoms with E-state index in [1.165, 1.54) is 12.8 Å². The number of rotatable bonds is 6. The summed E-state index contributed by atoms with van der Waals surface area (Å²) in [6.45, 7) is 4.46. The van der Waals surface area contributed by atoms with Gasteiger partial charge in [-0.25, -0.2) is 0 Å². The number of hydrogen-bond acceptors (Lipinski definition) is 4. The second kappa shape index (κ2) is 8.33. The Morgan fingerprint density at radius 2 is 1.75 bits per heavy atom. The average molecular weight is 380 g/mol. The van der Waals surface area contributed by atoms with E-state index < -0.39 is 0 Å². The number of carbonyl (C=O) groups excluding carboxylic acids is 1. The van der Waals surface area contributed by atoms with Crippen LogP contribution in [-0.2, 0) is 4.74 Å². The van der Waals surface area contributed by atoms with E-state index in [-0.39, 0.29) is 11.4 Å². The van der Waals surface area contributed by atoms with Crippen molar-refractivity contribution in [1.82, 2.24) is 9.80 Å². The van der Waals surface area contributed by atoms with Gasteiger partial charge in [-0.2, -0.15) is 0 Å². The van der Waals surface area contributed by atoms with E-state index in [2.05, 4.69) is 4.90 Å². The second-order valence-electron chi connectivity index (χ2n) is 7.72. The number of para-hydroxylation sites is 1. The number of piperidine rings is 1. The molecule has 2 aromatic rings. The van der Waals surface area contributed by atoms with Gasteiger partial charge in [0.1, 0.15) is 11.5 Å². The van der Waals surface area contributed by atoms with Crippen molar-refractivity contribution in [3.63, 3.8) is 0 Å².